The second kappa shape index (κ2) is 9.28. The molecule has 1 amide bonds. The van der Waals surface area contributed by atoms with Crippen molar-refractivity contribution in [1.29, 1.82) is 5.41 Å². The lowest BCUT2D eigenvalue weighted by Crippen LogP contribution is -2.32. The van der Waals surface area contributed by atoms with Crippen molar-refractivity contribution >= 4 is 29.3 Å². The van der Waals surface area contributed by atoms with E-state index in [0.29, 0.717) is 34.5 Å². The van der Waals surface area contributed by atoms with Crippen LogP contribution in [-0.4, -0.2) is 42.4 Å². The molecule has 2 aromatic rings. The maximum Gasteiger partial charge on any atom is 0.225 e. The third-order valence-electron chi connectivity index (χ3n) is 5.02. The molecule has 0 saturated carbocycles. The smallest absolute Gasteiger partial charge is 0.225 e. The topological polar surface area (TPSA) is 99.3 Å². The Kier molecular flexibility index (Phi) is 6.55. The summed E-state index contributed by atoms with van der Waals surface area (Å²) in [6, 6.07) is 12.0. The minimum atomic E-state index is -0.0308. The molecule has 0 bridgehead atoms. The molecule has 0 aromatic heterocycles. The van der Waals surface area contributed by atoms with Crippen LogP contribution in [0.3, 0.4) is 0 Å². The van der Waals surface area contributed by atoms with Crippen LogP contribution in [0.25, 0.3) is 0 Å². The highest BCUT2D eigenvalue weighted by atomic mass is 16.1. The van der Waals surface area contributed by atoms with Crippen LogP contribution in [0.4, 0.5) is 11.4 Å². The first-order valence-corrected chi connectivity index (χ1v) is 9.63. The Hall–Kier alpha value is -2.99. The summed E-state index contributed by atoms with van der Waals surface area (Å²) in [5, 5.41) is 11.4. The van der Waals surface area contributed by atoms with E-state index in [1.807, 2.05) is 0 Å². The highest BCUT2D eigenvalue weighted by molar-refractivity contribution is 6.14. The van der Waals surface area contributed by atoms with Gasteiger partial charge in [0, 0.05) is 41.0 Å². The molecular formula is C22H26N4O2. The summed E-state index contributed by atoms with van der Waals surface area (Å²) >= 11 is 0. The Balaban J connectivity index is 1.65. The van der Waals surface area contributed by atoms with Gasteiger partial charge in [0.25, 0.3) is 0 Å². The summed E-state index contributed by atoms with van der Waals surface area (Å²) in [4.78, 5) is 25.6. The molecule has 1 fully saturated rings. The van der Waals surface area contributed by atoms with E-state index < -0.39 is 0 Å². The van der Waals surface area contributed by atoms with Crippen molar-refractivity contribution < 1.29 is 9.59 Å². The number of carbonyl (C=O) groups is 2. The average molecular weight is 378 g/mol. The number of benzene rings is 2. The molecular weight excluding hydrogens is 352 g/mol. The standard InChI is InChI=1S/C22H26N4O2/c23-20-8-7-16(15-27)13-19(20)22(24)17-5-4-6-18(14-17)25-21(28)9-12-26-10-2-1-3-11-26/h4-8,13-15,24H,1-3,9-12,23H2,(H,25,28). The molecule has 0 aliphatic carbocycles. The van der Waals surface area contributed by atoms with E-state index in [4.69, 9.17) is 11.1 Å². The van der Waals surface area contributed by atoms with E-state index in [1.54, 1.807) is 42.5 Å². The molecule has 146 valence electrons. The highest BCUT2D eigenvalue weighted by Gasteiger charge is 2.13. The summed E-state index contributed by atoms with van der Waals surface area (Å²) < 4.78 is 0. The van der Waals surface area contributed by atoms with Crippen molar-refractivity contribution in [3.63, 3.8) is 0 Å². The summed E-state index contributed by atoms with van der Waals surface area (Å²) in [6.07, 6.45) is 4.88. The fraction of sp³-hybridized carbons (Fsp3) is 0.318. The third-order valence-corrected chi connectivity index (χ3v) is 5.02. The third kappa shape index (κ3) is 5.04. The van der Waals surface area contributed by atoms with E-state index in [-0.39, 0.29) is 11.6 Å². The number of aldehydes is 1. The molecule has 28 heavy (non-hydrogen) atoms. The summed E-state index contributed by atoms with van der Waals surface area (Å²) in [6.45, 7) is 2.92. The summed E-state index contributed by atoms with van der Waals surface area (Å²) in [5.41, 5.74) is 8.87. The lowest BCUT2D eigenvalue weighted by atomic mass is 9.98. The van der Waals surface area contributed by atoms with Crippen LogP contribution < -0.4 is 11.1 Å². The van der Waals surface area contributed by atoms with E-state index in [1.165, 1.54) is 19.3 Å². The number of rotatable bonds is 7. The van der Waals surface area contributed by atoms with Crippen molar-refractivity contribution in [1.82, 2.24) is 4.90 Å². The van der Waals surface area contributed by atoms with Crippen molar-refractivity contribution in [2.45, 2.75) is 25.7 Å². The molecule has 6 heteroatoms. The highest BCUT2D eigenvalue weighted by Crippen LogP contribution is 2.20. The number of nitrogen functional groups attached to an aromatic ring is 1. The zero-order chi connectivity index (χ0) is 19.9. The fourth-order valence-corrected chi connectivity index (χ4v) is 3.44. The Morgan fingerprint density at radius 3 is 2.68 bits per heavy atom. The van der Waals surface area contributed by atoms with Crippen molar-refractivity contribution in [3.05, 3.63) is 59.2 Å². The van der Waals surface area contributed by atoms with Gasteiger partial charge in [0.2, 0.25) is 5.91 Å². The zero-order valence-corrected chi connectivity index (χ0v) is 15.9. The van der Waals surface area contributed by atoms with Gasteiger partial charge in [-0.3, -0.25) is 15.0 Å². The first-order valence-electron chi connectivity index (χ1n) is 9.63. The first-order chi connectivity index (χ1) is 13.6. The molecule has 0 unspecified atom stereocenters. The van der Waals surface area contributed by atoms with Gasteiger partial charge in [-0.05, 0) is 56.3 Å². The zero-order valence-electron chi connectivity index (χ0n) is 15.9. The van der Waals surface area contributed by atoms with Gasteiger partial charge in [-0.2, -0.15) is 0 Å². The monoisotopic (exact) mass is 378 g/mol. The lowest BCUT2D eigenvalue weighted by Gasteiger charge is -2.25. The number of amides is 1. The normalized spacial score (nSPS) is 14.4. The Morgan fingerprint density at radius 2 is 1.93 bits per heavy atom. The lowest BCUT2D eigenvalue weighted by molar-refractivity contribution is -0.116. The van der Waals surface area contributed by atoms with Gasteiger partial charge in [0.1, 0.15) is 6.29 Å². The Labute approximate surface area is 165 Å². The van der Waals surface area contributed by atoms with Gasteiger partial charge in [-0.25, -0.2) is 0 Å². The minimum absolute atomic E-state index is 0.0308. The molecule has 1 aliphatic heterocycles. The number of nitrogens with zero attached hydrogens (tertiary/aromatic N) is 1. The molecule has 1 aliphatic rings. The number of hydrogen-bond acceptors (Lipinski definition) is 5. The van der Waals surface area contributed by atoms with Crippen LogP contribution >= 0.6 is 0 Å². The van der Waals surface area contributed by atoms with E-state index >= 15 is 0 Å². The predicted octanol–water partition coefficient (Wildman–Crippen LogP) is 3.31. The number of nitrogens with one attached hydrogen (secondary N) is 2. The van der Waals surface area contributed by atoms with E-state index in [0.717, 1.165) is 25.9 Å². The molecule has 4 N–H and O–H groups in total. The van der Waals surface area contributed by atoms with Crippen molar-refractivity contribution in [3.8, 4) is 0 Å². The van der Waals surface area contributed by atoms with Crippen molar-refractivity contribution in [2.75, 3.05) is 30.7 Å². The van der Waals surface area contributed by atoms with Crippen molar-refractivity contribution in [2.24, 2.45) is 0 Å². The average Bonchev–Trinajstić information content (AvgIpc) is 2.73. The van der Waals surface area contributed by atoms with E-state index in [2.05, 4.69) is 10.2 Å². The van der Waals surface area contributed by atoms with Crippen LogP contribution in [0.2, 0.25) is 0 Å². The molecule has 0 atom stereocenters. The van der Waals surface area contributed by atoms with Gasteiger partial charge in [-0.15, -0.1) is 0 Å². The van der Waals surface area contributed by atoms with Gasteiger partial charge in [0.05, 0.1) is 5.71 Å². The number of nitrogens with two attached hydrogens (primary N) is 1. The maximum atomic E-state index is 12.3. The van der Waals surface area contributed by atoms with Gasteiger partial charge in [-0.1, -0.05) is 18.6 Å². The number of carbonyl (C=O) groups excluding carboxylic acids is 2. The molecule has 1 heterocycles. The molecule has 2 aromatic carbocycles. The van der Waals surface area contributed by atoms with Crippen LogP contribution in [0, 0.1) is 5.41 Å². The molecule has 0 radical (unpaired) electrons. The molecule has 3 rings (SSSR count). The van der Waals surface area contributed by atoms with Gasteiger partial charge >= 0.3 is 0 Å². The summed E-state index contributed by atoms with van der Waals surface area (Å²) in [7, 11) is 0. The largest absolute Gasteiger partial charge is 0.398 e. The Morgan fingerprint density at radius 1 is 1.14 bits per heavy atom. The number of piperidine rings is 1. The van der Waals surface area contributed by atoms with Crippen LogP contribution in [-0.2, 0) is 4.79 Å². The quantitative estimate of drug-likeness (QED) is 0.391. The van der Waals surface area contributed by atoms with Crippen LogP contribution in [0.1, 0.15) is 47.2 Å². The molecule has 1 saturated heterocycles. The second-order valence-electron chi connectivity index (χ2n) is 7.12. The van der Waals surface area contributed by atoms with Gasteiger partial charge in [0.15, 0.2) is 0 Å². The number of anilines is 2. The summed E-state index contributed by atoms with van der Waals surface area (Å²) in [5.74, 6) is -0.0308. The van der Waals surface area contributed by atoms with Crippen LogP contribution in [0.5, 0.6) is 0 Å². The Bertz CT molecular complexity index is 873. The van der Waals surface area contributed by atoms with E-state index in [9.17, 15) is 9.59 Å². The van der Waals surface area contributed by atoms with Gasteiger partial charge < -0.3 is 16.0 Å². The van der Waals surface area contributed by atoms with Crippen LogP contribution in [0.15, 0.2) is 42.5 Å². The first kappa shape index (κ1) is 19.8. The fourth-order valence-electron chi connectivity index (χ4n) is 3.44. The second-order valence-corrected chi connectivity index (χ2v) is 7.12. The SMILES string of the molecule is N=C(c1cccc(NC(=O)CCN2CCCCC2)c1)c1cc(C=O)ccc1N. The number of hydrogen-bond donors (Lipinski definition) is 3. The maximum absolute atomic E-state index is 12.3. The minimum Gasteiger partial charge on any atom is -0.398 e. The molecule has 0 spiro atoms. The molecule has 6 nitrogen and oxygen atoms in total. The number of likely N-dealkylation sites (tertiary alicyclic amines) is 1. The predicted molar refractivity (Wildman–Crippen MR) is 112 cm³/mol.